The van der Waals surface area contributed by atoms with Crippen LogP contribution in [0, 0.1) is 5.92 Å². The van der Waals surface area contributed by atoms with Crippen LogP contribution in [0.4, 0.5) is 5.69 Å². The van der Waals surface area contributed by atoms with E-state index in [-0.39, 0.29) is 6.04 Å². The number of hydrogen-bond donors (Lipinski definition) is 2. The number of nitrogens with one attached hydrogen (secondary N) is 2. The van der Waals surface area contributed by atoms with Crippen LogP contribution in [0.5, 0.6) is 0 Å². The number of benzene rings is 1. The average molecular weight is 266 g/mol. The van der Waals surface area contributed by atoms with Gasteiger partial charge in [0.1, 0.15) is 0 Å². The van der Waals surface area contributed by atoms with Gasteiger partial charge in [0.2, 0.25) is 10.0 Å². The molecule has 1 aromatic carbocycles. The van der Waals surface area contributed by atoms with Crippen LogP contribution in [0.2, 0.25) is 0 Å². The molecule has 5 heteroatoms. The van der Waals surface area contributed by atoms with Crippen molar-refractivity contribution < 1.29 is 8.42 Å². The fraction of sp³-hybridized carbons (Fsp3) is 0.538. The molecule has 2 aliphatic rings. The van der Waals surface area contributed by atoms with Crippen molar-refractivity contribution in [3.05, 3.63) is 23.8 Å². The van der Waals surface area contributed by atoms with Gasteiger partial charge in [-0.15, -0.1) is 0 Å². The standard InChI is InChI=1S/C13H18N2O2S/c1-9(10-2-3-10)15-18(16,17)12-4-5-13-11(8-12)6-7-14-13/h4-5,8-10,14-15H,2-3,6-7H2,1H3. The van der Waals surface area contributed by atoms with Crippen molar-refractivity contribution in [2.75, 3.05) is 11.9 Å². The van der Waals surface area contributed by atoms with Crippen molar-refractivity contribution in [3.8, 4) is 0 Å². The molecule has 4 nitrogen and oxygen atoms in total. The zero-order chi connectivity index (χ0) is 12.8. The highest BCUT2D eigenvalue weighted by Gasteiger charge is 2.31. The van der Waals surface area contributed by atoms with Gasteiger partial charge in [0.15, 0.2) is 0 Å². The van der Waals surface area contributed by atoms with E-state index in [0.717, 1.165) is 37.1 Å². The second kappa shape index (κ2) is 4.24. The van der Waals surface area contributed by atoms with Gasteiger partial charge in [0, 0.05) is 18.3 Å². The molecule has 0 radical (unpaired) electrons. The maximum atomic E-state index is 12.2. The maximum Gasteiger partial charge on any atom is 0.240 e. The molecular formula is C13H18N2O2S. The molecule has 1 unspecified atom stereocenters. The minimum Gasteiger partial charge on any atom is -0.384 e. The van der Waals surface area contributed by atoms with Gasteiger partial charge in [-0.3, -0.25) is 0 Å². The van der Waals surface area contributed by atoms with Crippen LogP contribution in [0.25, 0.3) is 0 Å². The van der Waals surface area contributed by atoms with Gasteiger partial charge in [-0.25, -0.2) is 13.1 Å². The van der Waals surface area contributed by atoms with E-state index in [1.54, 1.807) is 12.1 Å². The highest BCUT2D eigenvalue weighted by Crippen LogP contribution is 2.33. The Labute approximate surface area is 108 Å². The van der Waals surface area contributed by atoms with Crippen molar-refractivity contribution in [2.24, 2.45) is 5.92 Å². The van der Waals surface area contributed by atoms with Crippen LogP contribution in [-0.2, 0) is 16.4 Å². The summed E-state index contributed by atoms with van der Waals surface area (Å²) in [5.41, 5.74) is 2.15. The number of hydrogen-bond acceptors (Lipinski definition) is 3. The van der Waals surface area contributed by atoms with Crippen molar-refractivity contribution in [1.82, 2.24) is 4.72 Å². The van der Waals surface area contributed by atoms with Crippen LogP contribution in [0.3, 0.4) is 0 Å². The number of anilines is 1. The molecule has 18 heavy (non-hydrogen) atoms. The summed E-state index contributed by atoms with van der Waals surface area (Å²) in [5.74, 6) is 0.524. The molecule has 1 saturated carbocycles. The summed E-state index contributed by atoms with van der Waals surface area (Å²) in [6.07, 6.45) is 3.17. The number of rotatable bonds is 4. The quantitative estimate of drug-likeness (QED) is 0.872. The number of fused-ring (bicyclic) bond motifs is 1. The van der Waals surface area contributed by atoms with Gasteiger partial charge in [0.25, 0.3) is 0 Å². The summed E-state index contributed by atoms with van der Waals surface area (Å²) in [6, 6.07) is 5.37. The van der Waals surface area contributed by atoms with Gasteiger partial charge in [-0.1, -0.05) is 0 Å². The summed E-state index contributed by atoms with van der Waals surface area (Å²) in [7, 11) is -3.36. The summed E-state index contributed by atoms with van der Waals surface area (Å²) in [5, 5.41) is 3.23. The molecule has 0 bridgehead atoms. The Morgan fingerprint density at radius 1 is 1.39 bits per heavy atom. The van der Waals surface area contributed by atoms with Gasteiger partial charge in [-0.2, -0.15) is 0 Å². The molecule has 3 rings (SSSR count). The Morgan fingerprint density at radius 2 is 2.17 bits per heavy atom. The Balaban J connectivity index is 1.84. The van der Waals surface area contributed by atoms with Gasteiger partial charge < -0.3 is 5.32 Å². The molecule has 1 aliphatic carbocycles. The SMILES string of the molecule is CC(NS(=O)(=O)c1ccc2c(c1)CCN2)C1CC1. The third kappa shape index (κ3) is 2.24. The molecule has 0 saturated heterocycles. The Bertz CT molecular complexity index is 564. The first-order valence-corrected chi connectivity index (χ1v) is 7.94. The van der Waals surface area contributed by atoms with E-state index in [1.807, 2.05) is 13.0 Å². The summed E-state index contributed by atoms with van der Waals surface area (Å²) < 4.78 is 27.3. The molecule has 0 amide bonds. The van der Waals surface area contributed by atoms with Crippen LogP contribution in [0.15, 0.2) is 23.1 Å². The minimum absolute atomic E-state index is 0.0429. The Kier molecular flexibility index (Phi) is 2.83. The third-order valence-electron chi connectivity index (χ3n) is 3.77. The second-order valence-electron chi connectivity index (χ2n) is 5.24. The Morgan fingerprint density at radius 3 is 2.89 bits per heavy atom. The van der Waals surface area contributed by atoms with Crippen LogP contribution < -0.4 is 10.0 Å². The lowest BCUT2D eigenvalue weighted by Crippen LogP contribution is -2.34. The summed E-state index contributed by atoms with van der Waals surface area (Å²) >= 11 is 0. The molecular weight excluding hydrogens is 248 g/mol. The lowest BCUT2D eigenvalue weighted by molar-refractivity contribution is 0.538. The monoisotopic (exact) mass is 266 g/mol. The van der Waals surface area contributed by atoms with Crippen molar-refractivity contribution in [3.63, 3.8) is 0 Å². The first kappa shape index (κ1) is 12.0. The summed E-state index contributed by atoms with van der Waals surface area (Å²) in [4.78, 5) is 0.387. The fourth-order valence-corrected chi connectivity index (χ4v) is 3.82. The molecule has 98 valence electrons. The number of sulfonamides is 1. The van der Waals surface area contributed by atoms with E-state index in [1.165, 1.54) is 0 Å². The summed E-state index contributed by atoms with van der Waals surface area (Å²) in [6.45, 7) is 2.84. The zero-order valence-electron chi connectivity index (χ0n) is 10.4. The normalized spacial score (nSPS) is 20.3. The molecule has 1 aliphatic heterocycles. The molecule has 2 N–H and O–H groups in total. The lowest BCUT2D eigenvalue weighted by atomic mass is 10.2. The predicted molar refractivity (Wildman–Crippen MR) is 71.1 cm³/mol. The third-order valence-corrected chi connectivity index (χ3v) is 5.32. The van der Waals surface area contributed by atoms with Gasteiger partial charge in [-0.05, 0) is 55.9 Å². The molecule has 1 heterocycles. The van der Waals surface area contributed by atoms with Crippen molar-refractivity contribution >= 4 is 15.7 Å². The molecule has 0 aromatic heterocycles. The van der Waals surface area contributed by atoms with E-state index in [9.17, 15) is 8.42 Å². The predicted octanol–water partition coefficient (Wildman–Crippen LogP) is 1.73. The van der Waals surface area contributed by atoms with Crippen LogP contribution >= 0.6 is 0 Å². The highest BCUT2D eigenvalue weighted by molar-refractivity contribution is 7.89. The van der Waals surface area contributed by atoms with Gasteiger partial charge >= 0.3 is 0 Å². The highest BCUT2D eigenvalue weighted by atomic mass is 32.2. The topological polar surface area (TPSA) is 58.2 Å². The van der Waals surface area contributed by atoms with Crippen molar-refractivity contribution in [1.29, 1.82) is 0 Å². The fourth-order valence-electron chi connectivity index (χ4n) is 2.45. The first-order valence-electron chi connectivity index (χ1n) is 6.45. The molecule has 1 fully saturated rings. The Hall–Kier alpha value is -1.07. The van der Waals surface area contributed by atoms with Crippen LogP contribution in [-0.4, -0.2) is 21.0 Å². The second-order valence-corrected chi connectivity index (χ2v) is 6.96. The average Bonchev–Trinajstić information content (AvgIpc) is 3.06. The van der Waals surface area contributed by atoms with Crippen molar-refractivity contribution in [2.45, 2.75) is 37.1 Å². The largest absolute Gasteiger partial charge is 0.384 e. The first-order chi connectivity index (χ1) is 8.56. The van der Waals surface area contributed by atoms with E-state index in [4.69, 9.17) is 0 Å². The zero-order valence-corrected chi connectivity index (χ0v) is 11.3. The van der Waals surface area contributed by atoms with E-state index in [2.05, 4.69) is 10.0 Å². The maximum absolute atomic E-state index is 12.2. The van der Waals surface area contributed by atoms with E-state index >= 15 is 0 Å². The molecule has 0 spiro atoms. The van der Waals surface area contributed by atoms with E-state index in [0.29, 0.717) is 10.8 Å². The van der Waals surface area contributed by atoms with Crippen LogP contribution in [0.1, 0.15) is 25.3 Å². The van der Waals surface area contributed by atoms with Gasteiger partial charge in [0.05, 0.1) is 4.90 Å². The smallest absolute Gasteiger partial charge is 0.240 e. The van der Waals surface area contributed by atoms with E-state index < -0.39 is 10.0 Å². The minimum atomic E-state index is -3.36. The lowest BCUT2D eigenvalue weighted by Gasteiger charge is -2.13. The molecule has 1 atom stereocenters. The molecule has 1 aromatic rings.